The average molecular weight is 222 g/mol. The Balaban J connectivity index is 2.90. The molecule has 1 aromatic rings. The van der Waals surface area contributed by atoms with Gasteiger partial charge in [0.15, 0.2) is 5.78 Å². The summed E-state index contributed by atoms with van der Waals surface area (Å²) in [6, 6.07) is 5.13. The van der Waals surface area contributed by atoms with Crippen molar-refractivity contribution in [1.82, 2.24) is 0 Å². The third-order valence-electron chi connectivity index (χ3n) is 2.27. The second kappa shape index (κ2) is 5.30. The summed E-state index contributed by atoms with van der Waals surface area (Å²) >= 11 is 0. The first-order valence-corrected chi connectivity index (χ1v) is 4.94. The molecular formula is C12H14O4. The molecule has 4 heteroatoms. The first-order chi connectivity index (χ1) is 7.54. The Hall–Kier alpha value is -1.84. The molecule has 1 rings (SSSR count). The number of ether oxygens (including phenoxy) is 1. The smallest absolute Gasteiger partial charge is 0.303 e. The molecule has 0 saturated heterocycles. The van der Waals surface area contributed by atoms with Crippen molar-refractivity contribution in [3.8, 4) is 5.75 Å². The van der Waals surface area contributed by atoms with E-state index in [0.717, 1.165) is 5.56 Å². The number of rotatable bonds is 5. The van der Waals surface area contributed by atoms with Crippen LogP contribution in [0, 0.1) is 0 Å². The van der Waals surface area contributed by atoms with Crippen molar-refractivity contribution < 1.29 is 19.4 Å². The van der Waals surface area contributed by atoms with Gasteiger partial charge in [-0.1, -0.05) is 6.07 Å². The van der Waals surface area contributed by atoms with Crippen molar-refractivity contribution in [3.05, 3.63) is 29.3 Å². The van der Waals surface area contributed by atoms with Crippen molar-refractivity contribution in [2.24, 2.45) is 0 Å². The Bertz CT molecular complexity index is 409. The van der Waals surface area contributed by atoms with Crippen LogP contribution < -0.4 is 4.74 Å². The number of benzene rings is 1. The van der Waals surface area contributed by atoms with Crippen LogP contribution in [0.15, 0.2) is 18.2 Å². The highest BCUT2D eigenvalue weighted by atomic mass is 16.5. The van der Waals surface area contributed by atoms with E-state index in [1.54, 1.807) is 18.2 Å². The minimum absolute atomic E-state index is 0.0679. The first-order valence-electron chi connectivity index (χ1n) is 4.94. The second-order valence-corrected chi connectivity index (χ2v) is 3.48. The van der Waals surface area contributed by atoms with E-state index >= 15 is 0 Å². The third kappa shape index (κ3) is 3.08. The lowest BCUT2D eigenvalue weighted by molar-refractivity contribution is -0.136. The van der Waals surface area contributed by atoms with E-state index in [2.05, 4.69) is 0 Å². The molecule has 0 aliphatic rings. The number of hydrogen-bond donors (Lipinski definition) is 1. The Morgan fingerprint density at radius 3 is 2.56 bits per heavy atom. The van der Waals surface area contributed by atoms with Gasteiger partial charge in [-0.3, -0.25) is 9.59 Å². The molecule has 1 aromatic carbocycles. The molecule has 86 valence electrons. The number of carbonyl (C=O) groups excluding carboxylic acids is 1. The van der Waals surface area contributed by atoms with Crippen LogP contribution in [0.25, 0.3) is 0 Å². The average Bonchev–Trinajstić information content (AvgIpc) is 2.25. The van der Waals surface area contributed by atoms with Crippen molar-refractivity contribution in [1.29, 1.82) is 0 Å². The predicted octanol–water partition coefficient (Wildman–Crippen LogP) is 1.92. The van der Waals surface area contributed by atoms with Gasteiger partial charge in [-0.25, -0.2) is 0 Å². The highest BCUT2D eigenvalue weighted by molar-refractivity contribution is 5.96. The minimum atomic E-state index is -0.838. The molecule has 0 aromatic heterocycles. The van der Waals surface area contributed by atoms with Crippen LogP contribution in [0.4, 0.5) is 0 Å². The first kappa shape index (κ1) is 12.2. The molecule has 16 heavy (non-hydrogen) atoms. The fourth-order valence-electron chi connectivity index (χ4n) is 1.43. The normalized spacial score (nSPS) is 9.88. The van der Waals surface area contributed by atoms with Gasteiger partial charge in [-0.15, -0.1) is 0 Å². The van der Waals surface area contributed by atoms with Crippen molar-refractivity contribution in [3.63, 3.8) is 0 Å². The van der Waals surface area contributed by atoms with Gasteiger partial charge >= 0.3 is 5.97 Å². The largest absolute Gasteiger partial charge is 0.496 e. The van der Waals surface area contributed by atoms with E-state index < -0.39 is 5.97 Å². The van der Waals surface area contributed by atoms with Crippen LogP contribution in [-0.2, 0) is 11.2 Å². The number of hydrogen-bond acceptors (Lipinski definition) is 3. The van der Waals surface area contributed by atoms with Crippen LogP contribution in [0.5, 0.6) is 5.75 Å². The van der Waals surface area contributed by atoms with Gasteiger partial charge in [-0.2, -0.15) is 0 Å². The third-order valence-corrected chi connectivity index (χ3v) is 2.27. The standard InChI is InChI=1S/C12H14O4/c1-8(13)10-5-3-9(4-6-12(14)15)7-11(10)16-2/h3,5,7H,4,6H2,1-2H3,(H,14,15). The molecule has 0 amide bonds. The van der Waals surface area contributed by atoms with Gasteiger partial charge in [0.1, 0.15) is 5.75 Å². The van der Waals surface area contributed by atoms with Crippen LogP contribution in [-0.4, -0.2) is 24.0 Å². The Kier molecular flexibility index (Phi) is 4.05. The molecule has 0 fully saturated rings. The fourth-order valence-corrected chi connectivity index (χ4v) is 1.43. The molecule has 1 N–H and O–H groups in total. The van der Waals surface area contributed by atoms with Crippen LogP contribution in [0.1, 0.15) is 29.3 Å². The van der Waals surface area contributed by atoms with Gasteiger partial charge in [0.25, 0.3) is 0 Å². The van der Waals surface area contributed by atoms with Crippen LogP contribution in [0.3, 0.4) is 0 Å². The Morgan fingerprint density at radius 2 is 2.06 bits per heavy atom. The lowest BCUT2D eigenvalue weighted by Crippen LogP contribution is -2.01. The number of methoxy groups -OCH3 is 1. The number of Topliss-reactive ketones (excluding diaryl/α,β-unsaturated/α-hetero) is 1. The van der Waals surface area contributed by atoms with Gasteiger partial charge < -0.3 is 9.84 Å². The topological polar surface area (TPSA) is 63.6 Å². The highest BCUT2D eigenvalue weighted by Crippen LogP contribution is 2.21. The molecule has 0 aliphatic carbocycles. The van der Waals surface area contributed by atoms with Gasteiger partial charge in [0.05, 0.1) is 12.7 Å². The molecule has 0 heterocycles. The van der Waals surface area contributed by atoms with E-state index in [9.17, 15) is 9.59 Å². The summed E-state index contributed by atoms with van der Waals surface area (Å²) in [4.78, 5) is 21.6. The molecule has 0 atom stereocenters. The van der Waals surface area contributed by atoms with Gasteiger partial charge in [0.2, 0.25) is 0 Å². The lowest BCUT2D eigenvalue weighted by Gasteiger charge is -2.07. The minimum Gasteiger partial charge on any atom is -0.496 e. The summed E-state index contributed by atoms with van der Waals surface area (Å²) < 4.78 is 5.09. The van der Waals surface area contributed by atoms with Crippen molar-refractivity contribution in [2.45, 2.75) is 19.8 Å². The quantitative estimate of drug-likeness (QED) is 0.773. The molecule has 0 saturated carbocycles. The maximum absolute atomic E-state index is 11.2. The molecule has 0 aliphatic heterocycles. The van der Waals surface area contributed by atoms with E-state index in [-0.39, 0.29) is 12.2 Å². The summed E-state index contributed by atoms with van der Waals surface area (Å²) in [5.41, 5.74) is 1.37. The SMILES string of the molecule is COc1cc(CCC(=O)O)ccc1C(C)=O. The Labute approximate surface area is 93.9 Å². The zero-order valence-electron chi connectivity index (χ0n) is 9.32. The number of carbonyl (C=O) groups is 2. The van der Waals surface area contributed by atoms with Gasteiger partial charge in [-0.05, 0) is 31.0 Å². The van der Waals surface area contributed by atoms with Crippen molar-refractivity contribution >= 4 is 11.8 Å². The maximum atomic E-state index is 11.2. The lowest BCUT2D eigenvalue weighted by atomic mass is 10.0. The second-order valence-electron chi connectivity index (χ2n) is 3.48. The summed E-state index contributed by atoms with van der Waals surface area (Å²) in [7, 11) is 1.49. The van der Waals surface area contributed by atoms with E-state index in [1.165, 1.54) is 14.0 Å². The van der Waals surface area contributed by atoms with E-state index in [4.69, 9.17) is 9.84 Å². The van der Waals surface area contributed by atoms with E-state index in [1.807, 2.05) is 0 Å². The summed E-state index contributed by atoms with van der Waals surface area (Å²) in [5, 5.41) is 8.56. The number of carboxylic acids is 1. The number of aliphatic carboxylic acids is 1. The van der Waals surface area contributed by atoms with Gasteiger partial charge in [0, 0.05) is 6.42 Å². The van der Waals surface area contributed by atoms with Crippen molar-refractivity contribution in [2.75, 3.05) is 7.11 Å². The molecule has 0 bridgehead atoms. The fraction of sp³-hybridized carbons (Fsp3) is 0.333. The van der Waals surface area contributed by atoms with Crippen LogP contribution >= 0.6 is 0 Å². The van der Waals surface area contributed by atoms with Crippen LogP contribution in [0.2, 0.25) is 0 Å². The highest BCUT2D eigenvalue weighted by Gasteiger charge is 2.09. The zero-order chi connectivity index (χ0) is 12.1. The zero-order valence-corrected chi connectivity index (χ0v) is 9.32. The number of ketones is 1. The van der Waals surface area contributed by atoms with E-state index in [0.29, 0.717) is 17.7 Å². The molecule has 0 unspecified atom stereocenters. The Morgan fingerprint density at radius 1 is 1.38 bits per heavy atom. The molecule has 0 radical (unpaired) electrons. The monoisotopic (exact) mass is 222 g/mol. The molecule has 4 nitrogen and oxygen atoms in total. The summed E-state index contributed by atoms with van der Waals surface area (Å²) in [6.45, 7) is 1.47. The summed E-state index contributed by atoms with van der Waals surface area (Å²) in [5.74, 6) is -0.411. The molecule has 0 spiro atoms. The molecular weight excluding hydrogens is 208 g/mol. The maximum Gasteiger partial charge on any atom is 0.303 e. The number of aryl methyl sites for hydroxylation is 1. The summed E-state index contributed by atoms with van der Waals surface area (Å²) in [6.07, 6.45) is 0.506. The predicted molar refractivity (Wildman–Crippen MR) is 59.0 cm³/mol. The number of carboxylic acid groups (broad SMARTS) is 1.